The topological polar surface area (TPSA) is 29.1 Å². The van der Waals surface area contributed by atoms with Gasteiger partial charge in [0, 0.05) is 20.5 Å². The Morgan fingerprint density at radius 1 is 1.44 bits per heavy atom. The summed E-state index contributed by atoms with van der Waals surface area (Å²) in [6.45, 7) is 2.81. The van der Waals surface area contributed by atoms with Gasteiger partial charge in [0.15, 0.2) is 0 Å². The smallest absolute Gasteiger partial charge is 0.251 e. The van der Waals surface area contributed by atoms with Crippen molar-refractivity contribution in [2.45, 2.75) is 24.6 Å². The molecular formula is C12H15BrINO. The van der Waals surface area contributed by atoms with E-state index in [1.165, 1.54) is 0 Å². The number of alkyl halides is 1. The molecule has 88 valence electrons. The number of nitrogens with one attached hydrogen (secondary N) is 1. The normalized spacial score (nSPS) is 12.2. The molecule has 1 rings (SSSR count). The summed E-state index contributed by atoms with van der Waals surface area (Å²) in [5, 5.41) is 2.91. The summed E-state index contributed by atoms with van der Waals surface area (Å²) in [7, 11) is 0. The molecule has 1 N–H and O–H groups in total. The number of amides is 1. The zero-order chi connectivity index (χ0) is 12.0. The molecule has 1 aromatic carbocycles. The third kappa shape index (κ3) is 4.82. The monoisotopic (exact) mass is 395 g/mol. The number of benzene rings is 1. The molecule has 0 fully saturated rings. The van der Waals surface area contributed by atoms with E-state index in [-0.39, 0.29) is 5.91 Å². The minimum absolute atomic E-state index is 0.00282. The quantitative estimate of drug-likeness (QED) is 0.599. The number of carbonyl (C=O) groups is 1. The second-order valence-corrected chi connectivity index (χ2v) is 6.14. The third-order valence-electron chi connectivity index (χ3n) is 2.19. The summed E-state index contributed by atoms with van der Waals surface area (Å²) in [6.07, 6.45) is 2.20. The summed E-state index contributed by atoms with van der Waals surface area (Å²) >= 11 is 5.76. The maximum Gasteiger partial charge on any atom is 0.251 e. The SMILES string of the molecule is CCCC(Br)CNC(=O)c1ccc(I)cc1. The van der Waals surface area contributed by atoms with Crippen LogP contribution in [-0.2, 0) is 0 Å². The van der Waals surface area contributed by atoms with Gasteiger partial charge in [0.05, 0.1) is 0 Å². The number of hydrogen-bond acceptors (Lipinski definition) is 1. The van der Waals surface area contributed by atoms with Crippen molar-refractivity contribution in [2.75, 3.05) is 6.54 Å². The van der Waals surface area contributed by atoms with Gasteiger partial charge >= 0.3 is 0 Å². The molecule has 0 aliphatic carbocycles. The summed E-state index contributed by atoms with van der Waals surface area (Å²) in [5.74, 6) is -0.00282. The zero-order valence-electron chi connectivity index (χ0n) is 9.17. The standard InChI is InChI=1S/C12H15BrINO/c1-2-3-10(13)8-15-12(16)9-4-6-11(14)7-5-9/h4-7,10H,2-3,8H2,1H3,(H,15,16). The van der Waals surface area contributed by atoms with Crippen molar-refractivity contribution in [1.29, 1.82) is 0 Å². The first-order chi connectivity index (χ1) is 7.63. The third-order valence-corrected chi connectivity index (χ3v) is 3.69. The van der Waals surface area contributed by atoms with Crippen LogP contribution in [0.1, 0.15) is 30.1 Å². The molecule has 0 radical (unpaired) electrons. The van der Waals surface area contributed by atoms with E-state index in [1.807, 2.05) is 24.3 Å². The van der Waals surface area contributed by atoms with Crippen LogP contribution in [0.15, 0.2) is 24.3 Å². The lowest BCUT2D eigenvalue weighted by atomic mass is 10.2. The van der Waals surface area contributed by atoms with E-state index in [2.05, 4.69) is 50.8 Å². The first-order valence-corrected chi connectivity index (χ1v) is 7.30. The molecule has 1 unspecified atom stereocenters. The lowest BCUT2D eigenvalue weighted by Crippen LogP contribution is -2.29. The van der Waals surface area contributed by atoms with E-state index in [4.69, 9.17) is 0 Å². The Kier molecular flexibility index (Phi) is 6.34. The number of rotatable bonds is 5. The van der Waals surface area contributed by atoms with Crippen molar-refractivity contribution in [1.82, 2.24) is 5.32 Å². The Balaban J connectivity index is 2.43. The van der Waals surface area contributed by atoms with Crippen LogP contribution >= 0.6 is 38.5 Å². The van der Waals surface area contributed by atoms with Gasteiger partial charge in [-0.25, -0.2) is 0 Å². The van der Waals surface area contributed by atoms with Crippen molar-refractivity contribution in [2.24, 2.45) is 0 Å². The van der Waals surface area contributed by atoms with Gasteiger partial charge in [0.25, 0.3) is 5.91 Å². The lowest BCUT2D eigenvalue weighted by Gasteiger charge is -2.10. The van der Waals surface area contributed by atoms with Crippen molar-refractivity contribution in [3.63, 3.8) is 0 Å². The highest BCUT2D eigenvalue weighted by molar-refractivity contribution is 14.1. The van der Waals surface area contributed by atoms with E-state index >= 15 is 0 Å². The number of hydrogen-bond donors (Lipinski definition) is 1. The maximum atomic E-state index is 11.7. The van der Waals surface area contributed by atoms with Crippen LogP contribution in [-0.4, -0.2) is 17.3 Å². The fourth-order valence-corrected chi connectivity index (χ4v) is 2.30. The molecule has 4 heteroatoms. The maximum absolute atomic E-state index is 11.7. The fraction of sp³-hybridized carbons (Fsp3) is 0.417. The molecule has 0 spiro atoms. The zero-order valence-corrected chi connectivity index (χ0v) is 12.9. The van der Waals surface area contributed by atoms with Crippen LogP contribution in [0.2, 0.25) is 0 Å². The van der Waals surface area contributed by atoms with Crippen LogP contribution in [0.4, 0.5) is 0 Å². The molecule has 1 aromatic rings. The van der Waals surface area contributed by atoms with Gasteiger partial charge in [-0.1, -0.05) is 29.3 Å². The van der Waals surface area contributed by atoms with Gasteiger partial charge in [0.2, 0.25) is 0 Å². The molecule has 1 atom stereocenters. The Morgan fingerprint density at radius 3 is 2.62 bits per heavy atom. The molecule has 0 bridgehead atoms. The van der Waals surface area contributed by atoms with E-state index in [1.54, 1.807) is 0 Å². The van der Waals surface area contributed by atoms with Crippen molar-refractivity contribution < 1.29 is 4.79 Å². The lowest BCUT2D eigenvalue weighted by molar-refractivity contribution is 0.0953. The first kappa shape index (κ1) is 14.0. The van der Waals surface area contributed by atoms with Gasteiger partial charge in [0.1, 0.15) is 0 Å². The summed E-state index contributed by atoms with van der Waals surface area (Å²) in [5.41, 5.74) is 0.719. The van der Waals surface area contributed by atoms with E-state index in [0.29, 0.717) is 11.4 Å². The summed E-state index contributed by atoms with van der Waals surface area (Å²) in [4.78, 5) is 12.1. The first-order valence-electron chi connectivity index (χ1n) is 5.31. The van der Waals surface area contributed by atoms with Crippen LogP contribution < -0.4 is 5.32 Å². The van der Waals surface area contributed by atoms with E-state index < -0.39 is 0 Å². The predicted molar refractivity (Wildman–Crippen MR) is 79.1 cm³/mol. The van der Waals surface area contributed by atoms with E-state index in [9.17, 15) is 4.79 Å². The highest BCUT2D eigenvalue weighted by Gasteiger charge is 2.07. The number of halogens is 2. The van der Waals surface area contributed by atoms with Gasteiger partial charge in [-0.2, -0.15) is 0 Å². The second-order valence-electron chi connectivity index (χ2n) is 3.60. The molecule has 0 saturated heterocycles. The van der Waals surface area contributed by atoms with Gasteiger partial charge in [-0.3, -0.25) is 4.79 Å². The minimum atomic E-state index is -0.00282. The molecule has 0 aliphatic heterocycles. The largest absolute Gasteiger partial charge is 0.351 e. The van der Waals surface area contributed by atoms with Gasteiger partial charge < -0.3 is 5.32 Å². The van der Waals surface area contributed by atoms with Crippen LogP contribution in [0, 0.1) is 3.57 Å². The van der Waals surface area contributed by atoms with E-state index in [0.717, 1.165) is 22.0 Å². The molecule has 1 amide bonds. The Morgan fingerprint density at radius 2 is 2.06 bits per heavy atom. The Labute approximate surface area is 118 Å². The van der Waals surface area contributed by atoms with Gasteiger partial charge in [-0.15, -0.1) is 0 Å². The summed E-state index contributed by atoms with van der Waals surface area (Å²) < 4.78 is 1.14. The van der Waals surface area contributed by atoms with Crippen molar-refractivity contribution in [3.05, 3.63) is 33.4 Å². The molecule has 0 aliphatic rings. The average molecular weight is 396 g/mol. The van der Waals surface area contributed by atoms with Crippen LogP contribution in [0.25, 0.3) is 0 Å². The highest BCUT2D eigenvalue weighted by Crippen LogP contribution is 2.08. The summed E-state index contributed by atoms with van der Waals surface area (Å²) in [6, 6.07) is 7.57. The van der Waals surface area contributed by atoms with Crippen LogP contribution in [0.5, 0.6) is 0 Å². The molecular weight excluding hydrogens is 381 g/mol. The van der Waals surface area contributed by atoms with Gasteiger partial charge in [-0.05, 0) is 53.3 Å². The number of carbonyl (C=O) groups excluding carboxylic acids is 1. The Hall–Kier alpha value is -0.100. The molecule has 2 nitrogen and oxygen atoms in total. The second kappa shape index (κ2) is 7.27. The highest BCUT2D eigenvalue weighted by atomic mass is 127. The van der Waals surface area contributed by atoms with Crippen molar-refractivity contribution in [3.8, 4) is 0 Å². The van der Waals surface area contributed by atoms with Crippen LogP contribution in [0.3, 0.4) is 0 Å². The molecule has 0 saturated carbocycles. The predicted octanol–water partition coefficient (Wildman–Crippen LogP) is 3.58. The molecule has 0 heterocycles. The Bertz CT molecular complexity index is 339. The molecule has 0 aromatic heterocycles. The average Bonchev–Trinajstić information content (AvgIpc) is 2.27. The fourth-order valence-electron chi connectivity index (χ4n) is 1.32. The van der Waals surface area contributed by atoms with Crippen molar-refractivity contribution >= 4 is 44.4 Å². The molecule has 16 heavy (non-hydrogen) atoms. The minimum Gasteiger partial charge on any atom is -0.351 e.